The summed E-state index contributed by atoms with van der Waals surface area (Å²) in [7, 11) is 0. The van der Waals surface area contributed by atoms with E-state index in [4.69, 9.17) is 0 Å². The average Bonchev–Trinajstić information content (AvgIpc) is 2.14. The van der Waals surface area contributed by atoms with E-state index in [1.165, 1.54) is 0 Å². The van der Waals surface area contributed by atoms with Crippen LogP contribution in [-0.2, 0) is 4.79 Å². The summed E-state index contributed by atoms with van der Waals surface area (Å²) < 4.78 is 0. The number of carbonyl (C=O) groups is 1. The molecule has 0 aromatic rings. The molecule has 84 valence electrons. The molecular weight excluding hydrogens is 176 g/mol. The van der Waals surface area contributed by atoms with Gasteiger partial charge in [0, 0.05) is 0 Å². The van der Waals surface area contributed by atoms with Gasteiger partial charge < -0.3 is 5.11 Å². The first-order chi connectivity index (χ1) is 6.49. The lowest BCUT2D eigenvalue weighted by molar-refractivity contribution is -0.151. The first-order valence-electron chi connectivity index (χ1n) is 5.72. The molecule has 1 N–H and O–H groups in total. The first-order valence-corrected chi connectivity index (χ1v) is 5.72. The molecule has 2 atom stereocenters. The second kappa shape index (κ2) is 6.05. The Morgan fingerprint density at radius 1 is 1.36 bits per heavy atom. The number of unbranched alkanes of at least 4 members (excludes halogenated alkanes) is 1. The molecule has 0 saturated heterocycles. The fourth-order valence-corrected chi connectivity index (χ4v) is 1.91. The molecule has 14 heavy (non-hydrogen) atoms. The van der Waals surface area contributed by atoms with Crippen molar-refractivity contribution in [3.05, 3.63) is 0 Å². The maximum Gasteiger partial charge on any atom is 0.309 e. The largest absolute Gasteiger partial charge is 0.481 e. The fourth-order valence-electron chi connectivity index (χ4n) is 1.91. The van der Waals surface area contributed by atoms with Crippen LogP contribution in [0.2, 0.25) is 0 Å². The Hall–Kier alpha value is -0.530. The molecule has 2 unspecified atom stereocenters. The molecule has 2 nitrogen and oxygen atoms in total. The molecule has 0 aliphatic carbocycles. The van der Waals surface area contributed by atoms with Gasteiger partial charge in [0.1, 0.15) is 0 Å². The Bertz CT molecular complexity index is 177. The van der Waals surface area contributed by atoms with Crippen molar-refractivity contribution in [3.8, 4) is 0 Å². The number of aliphatic carboxylic acids is 1. The summed E-state index contributed by atoms with van der Waals surface area (Å²) >= 11 is 0. The maximum atomic E-state index is 11.2. The lowest BCUT2D eigenvalue weighted by Crippen LogP contribution is -2.34. The molecule has 0 spiro atoms. The van der Waals surface area contributed by atoms with Crippen molar-refractivity contribution in [1.29, 1.82) is 0 Å². The van der Waals surface area contributed by atoms with Gasteiger partial charge in [0.05, 0.1) is 5.41 Å². The van der Waals surface area contributed by atoms with Crippen LogP contribution in [0, 0.1) is 11.3 Å². The summed E-state index contributed by atoms with van der Waals surface area (Å²) in [5.41, 5.74) is -0.524. The van der Waals surface area contributed by atoms with Crippen molar-refractivity contribution in [1.82, 2.24) is 0 Å². The van der Waals surface area contributed by atoms with Crippen LogP contribution >= 0.6 is 0 Å². The molecule has 0 amide bonds. The zero-order valence-corrected chi connectivity index (χ0v) is 9.97. The normalized spacial score (nSPS) is 17.4. The van der Waals surface area contributed by atoms with E-state index in [-0.39, 0.29) is 5.92 Å². The minimum absolute atomic E-state index is 0.278. The van der Waals surface area contributed by atoms with Crippen LogP contribution in [0.5, 0.6) is 0 Å². The molecule has 0 aliphatic heterocycles. The van der Waals surface area contributed by atoms with Gasteiger partial charge in [0.15, 0.2) is 0 Å². The quantitative estimate of drug-likeness (QED) is 0.680. The summed E-state index contributed by atoms with van der Waals surface area (Å²) in [4.78, 5) is 11.2. The SMILES string of the molecule is CCCCC(C)C(C)(CCC)C(=O)O. The number of hydrogen-bond acceptors (Lipinski definition) is 1. The molecule has 0 aliphatic rings. The van der Waals surface area contributed by atoms with Gasteiger partial charge >= 0.3 is 5.97 Å². The summed E-state index contributed by atoms with van der Waals surface area (Å²) in [6.07, 6.45) is 5.03. The van der Waals surface area contributed by atoms with E-state index in [1.807, 2.05) is 13.8 Å². The van der Waals surface area contributed by atoms with E-state index in [1.54, 1.807) is 0 Å². The van der Waals surface area contributed by atoms with Crippen molar-refractivity contribution >= 4 is 5.97 Å². The minimum atomic E-state index is -0.636. The summed E-state index contributed by atoms with van der Waals surface area (Å²) in [5.74, 6) is -0.358. The molecule has 0 aromatic heterocycles. The third-order valence-electron chi connectivity index (χ3n) is 3.34. The van der Waals surface area contributed by atoms with Crippen LogP contribution in [0.4, 0.5) is 0 Å². The maximum absolute atomic E-state index is 11.2. The van der Waals surface area contributed by atoms with Crippen molar-refractivity contribution < 1.29 is 9.90 Å². The van der Waals surface area contributed by atoms with E-state index in [0.29, 0.717) is 0 Å². The van der Waals surface area contributed by atoms with Crippen molar-refractivity contribution in [3.63, 3.8) is 0 Å². The van der Waals surface area contributed by atoms with Crippen LogP contribution < -0.4 is 0 Å². The molecule has 0 bridgehead atoms. The van der Waals surface area contributed by atoms with Crippen molar-refractivity contribution in [2.24, 2.45) is 11.3 Å². The lowest BCUT2D eigenvalue weighted by Gasteiger charge is -2.31. The predicted octanol–water partition coefficient (Wildman–Crippen LogP) is 3.70. The van der Waals surface area contributed by atoms with Gasteiger partial charge in [-0.3, -0.25) is 4.79 Å². The van der Waals surface area contributed by atoms with Gasteiger partial charge in [-0.1, -0.05) is 40.0 Å². The summed E-state index contributed by atoms with van der Waals surface area (Å²) in [5, 5.41) is 9.23. The fraction of sp³-hybridized carbons (Fsp3) is 0.917. The highest BCUT2D eigenvalue weighted by Crippen LogP contribution is 2.35. The van der Waals surface area contributed by atoms with E-state index in [0.717, 1.165) is 32.1 Å². The molecule has 0 heterocycles. The Balaban J connectivity index is 4.39. The smallest absolute Gasteiger partial charge is 0.309 e. The molecule has 0 aromatic carbocycles. The van der Waals surface area contributed by atoms with E-state index >= 15 is 0 Å². The Kier molecular flexibility index (Phi) is 5.82. The van der Waals surface area contributed by atoms with Crippen LogP contribution in [0.25, 0.3) is 0 Å². The zero-order valence-electron chi connectivity index (χ0n) is 9.97. The highest BCUT2D eigenvalue weighted by Gasteiger charge is 2.37. The molecular formula is C12H24O2. The minimum Gasteiger partial charge on any atom is -0.481 e. The third kappa shape index (κ3) is 3.32. The topological polar surface area (TPSA) is 37.3 Å². The van der Waals surface area contributed by atoms with Crippen LogP contribution in [0.3, 0.4) is 0 Å². The van der Waals surface area contributed by atoms with Gasteiger partial charge in [-0.05, 0) is 25.7 Å². The van der Waals surface area contributed by atoms with Gasteiger partial charge in [-0.25, -0.2) is 0 Å². The van der Waals surface area contributed by atoms with Gasteiger partial charge in [0.25, 0.3) is 0 Å². The number of carboxylic acids is 1. The van der Waals surface area contributed by atoms with Crippen LogP contribution in [-0.4, -0.2) is 11.1 Å². The summed E-state index contributed by atoms with van der Waals surface area (Å²) in [6.45, 7) is 8.15. The third-order valence-corrected chi connectivity index (χ3v) is 3.34. The number of rotatable bonds is 7. The van der Waals surface area contributed by atoms with Crippen LogP contribution in [0.1, 0.15) is 59.8 Å². The molecule has 0 rings (SSSR count). The van der Waals surface area contributed by atoms with E-state index in [9.17, 15) is 9.90 Å². The Labute approximate surface area is 87.7 Å². The predicted molar refractivity (Wildman–Crippen MR) is 59.3 cm³/mol. The van der Waals surface area contributed by atoms with E-state index in [2.05, 4.69) is 13.8 Å². The zero-order chi connectivity index (χ0) is 11.2. The number of carboxylic acid groups (broad SMARTS) is 1. The average molecular weight is 200 g/mol. The van der Waals surface area contributed by atoms with E-state index < -0.39 is 11.4 Å². The monoisotopic (exact) mass is 200 g/mol. The molecule has 2 heteroatoms. The summed E-state index contributed by atoms with van der Waals surface area (Å²) in [6, 6.07) is 0. The highest BCUT2D eigenvalue weighted by atomic mass is 16.4. The van der Waals surface area contributed by atoms with Crippen LogP contribution in [0.15, 0.2) is 0 Å². The molecule has 0 saturated carbocycles. The van der Waals surface area contributed by atoms with Gasteiger partial charge in [-0.15, -0.1) is 0 Å². The Morgan fingerprint density at radius 2 is 1.93 bits per heavy atom. The highest BCUT2D eigenvalue weighted by molar-refractivity contribution is 5.74. The molecule has 0 radical (unpaired) electrons. The second-order valence-electron chi connectivity index (χ2n) is 4.52. The first kappa shape index (κ1) is 13.5. The van der Waals surface area contributed by atoms with Gasteiger partial charge in [0.2, 0.25) is 0 Å². The van der Waals surface area contributed by atoms with Crippen molar-refractivity contribution in [2.45, 2.75) is 59.8 Å². The molecule has 0 fully saturated rings. The standard InChI is InChI=1S/C12H24O2/c1-5-7-8-10(3)12(4,9-6-2)11(13)14/h10H,5-9H2,1-4H3,(H,13,14). The van der Waals surface area contributed by atoms with Gasteiger partial charge in [-0.2, -0.15) is 0 Å². The second-order valence-corrected chi connectivity index (χ2v) is 4.52. The Morgan fingerprint density at radius 3 is 2.29 bits per heavy atom. The lowest BCUT2D eigenvalue weighted by atomic mass is 9.73. The van der Waals surface area contributed by atoms with Crippen molar-refractivity contribution in [2.75, 3.05) is 0 Å². The number of hydrogen-bond donors (Lipinski definition) is 1.